The van der Waals surface area contributed by atoms with Crippen LogP contribution >= 0.6 is 0 Å². The molecular formula is C11H15N3O3. The molecule has 0 aromatic heterocycles. The van der Waals surface area contributed by atoms with Crippen molar-refractivity contribution in [3.05, 3.63) is 33.9 Å². The number of likely N-dealkylation sites (N-methyl/N-ethyl adjacent to an activating group) is 1. The van der Waals surface area contributed by atoms with E-state index < -0.39 is 11.0 Å². The average molecular weight is 237 g/mol. The second-order valence-electron chi connectivity index (χ2n) is 3.78. The molecule has 1 rings (SSSR count). The van der Waals surface area contributed by atoms with E-state index in [-0.39, 0.29) is 17.3 Å². The smallest absolute Gasteiger partial charge is 0.293 e. The van der Waals surface area contributed by atoms with Crippen molar-refractivity contribution in [1.29, 1.82) is 0 Å². The molecule has 0 heterocycles. The van der Waals surface area contributed by atoms with Gasteiger partial charge in [-0.1, -0.05) is 6.07 Å². The van der Waals surface area contributed by atoms with E-state index >= 15 is 0 Å². The van der Waals surface area contributed by atoms with Gasteiger partial charge in [0, 0.05) is 6.07 Å². The lowest BCUT2D eigenvalue weighted by Crippen LogP contribution is -2.35. The molecule has 0 fully saturated rings. The standard InChI is InChI=1S/C11H15N3O3/c1-7-4-5-9(10(6-7)14(16)17)13-11(15)8(2)12-3/h4-6,8,12H,1-3H3,(H,13,15). The summed E-state index contributed by atoms with van der Waals surface area (Å²) < 4.78 is 0. The Labute approximate surface area is 99.2 Å². The van der Waals surface area contributed by atoms with Crippen LogP contribution in [0.5, 0.6) is 0 Å². The SMILES string of the molecule is CNC(C)C(=O)Nc1ccc(C)cc1[N+](=O)[O-]. The van der Waals surface area contributed by atoms with Crippen LogP contribution in [0.2, 0.25) is 0 Å². The highest BCUT2D eigenvalue weighted by Gasteiger charge is 2.18. The molecule has 0 saturated carbocycles. The Hall–Kier alpha value is -1.95. The number of nitrogens with one attached hydrogen (secondary N) is 2. The highest BCUT2D eigenvalue weighted by Crippen LogP contribution is 2.25. The summed E-state index contributed by atoms with van der Waals surface area (Å²) in [4.78, 5) is 21.9. The number of aryl methyl sites for hydroxylation is 1. The Balaban J connectivity index is 2.98. The fourth-order valence-electron chi connectivity index (χ4n) is 1.27. The van der Waals surface area contributed by atoms with Gasteiger partial charge >= 0.3 is 0 Å². The van der Waals surface area contributed by atoms with Crippen LogP contribution in [0.15, 0.2) is 18.2 Å². The van der Waals surface area contributed by atoms with Crippen molar-refractivity contribution in [2.75, 3.05) is 12.4 Å². The zero-order valence-corrected chi connectivity index (χ0v) is 9.98. The van der Waals surface area contributed by atoms with Crippen LogP contribution < -0.4 is 10.6 Å². The van der Waals surface area contributed by atoms with E-state index in [9.17, 15) is 14.9 Å². The lowest BCUT2D eigenvalue weighted by molar-refractivity contribution is -0.384. The zero-order chi connectivity index (χ0) is 13.0. The molecule has 1 atom stereocenters. The maximum absolute atomic E-state index is 11.6. The van der Waals surface area contributed by atoms with E-state index in [2.05, 4.69) is 10.6 Å². The number of nitrogens with zero attached hydrogens (tertiary/aromatic N) is 1. The van der Waals surface area contributed by atoms with Gasteiger partial charge in [0.2, 0.25) is 5.91 Å². The summed E-state index contributed by atoms with van der Waals surface area (Å²) in [5.74, 6) is -0.306. The predicted molar refractivity (Wildman–Crippen MR) is 65.0 cm³/mol. The molecule has 1 unspecified atom stereocenters. The number of carbonyl (C=O) groups is 1. The highest BCUT2D eigenvalue weighted by molar-refractivity contribution is 5.96. The molecule has 0 spiro atoms. The van der Waals surface area contributed by atoms with Crippen LogP contribution in [-0.2, 0) is 4.79 Å². The highest BCUT2D eigenvalue weighted by atomic mass is 16.6. The van der Waals surface area contributed by atoms with Gasteiger partial charge in [0.05, 0.1) is 11.0 Å². The number of carbonyl (C=O) groups excluding carboxylic acids is 1. The third-order valence-corrected chi connectivity index (χ3v) is 2.43. The van der Waals surface area contributed by atoms with Gasteiger partial charge in [-0.3, -0.25) is 14.9 Å². The first kappa shape index (κ1) is 13.1. The van der Waals surface area contributed by atoms with E-state index in [1.54, 1.807) is 27.0 Å². The number of amides is 1. The zero-order valence-electron chi connectivity index (χ0n) is 9.98. The molecule has 0 aliphatic rings. The molecule has 0 radical (unpaired) electrons. The monoisotopic (exact) mass is 237 g/mol. The molecule has 1 aromatic carbocycles. The molecule has 1 aromatic rings. The largest absolute Gasteiger partial charge is 0.319 e. The van der Waals surface area contributed by atoms with Crippen LogP contribution in [0.4, 0.5) is 11.4 Å². The Morgan fingerprint density at radius 1 is 1.47 bits per heavy atom. The van der Waals surface area contributed by atoms with Gasteiger partial charge < -0.3 is 10.6 Å². The number of rotatable bonds is 4. The Bertz CT molecular complexity index is 446. The summed E-state index contributed by atoms with van der Waals surface area (Å²) in [6, 6.07) is 4.27. The second-order valence-corrected chi connectivity index (χ2v) is 3.78. The van der Waals surface area contributed by atoms with Crippen molar-refractivity contribution in [3.63, 3.8) is 0 Å². The molecular weight excluding hydrogens is 222 g/mol. The number of benzene rings is 1. The normalized spacial score (nSPS) is 11.9. The molecule has 92 valence electrons. The summed E-state index contributed by atoms with van der Waals surface area (Å²) in [5.41, 5.74) is 0.894. The van der Waals surface area contributed by atoms with Gasteiger partial charge in [0.1, 0.15) is 5.69 Å². The molecule has 0 aliphatic heterocycles. The van der Waals surface area contributed by atoms with Crippen LogP contribution in [0.3, 0.4) is 0 Å². The van der Waals surface area contributed by atoms with Crippen molar-refractivity contribution in [2.45, 2.75) is 19.9 Å². The number of hydrogen-bond acceptors (Lipinski definition) is 4. The number of nitro benzene ring substituents is 1. The first-order valence-corrected chi connectivity index (χ1v) is 5.19. The minimum absolute atomic E-state index is 0.0957. The van der Waals surface area contributed by atoms with E-state index in [0.29, 0.717) is 0 Å². The van der Waals surface area contributed by atoms with Crippen LogP contribution in [0.1, 0.15) is 12.5 Å². The first-order valence-electron chi connectivity index (χ1n) is 5.19. The van der Waals surface area contributed by atoms with E-state index in [0.717, 1.165) is 5.56 Å². The van der Waals surface area contributed by atoms with E-state index in [4.69, 9.17) is 0 Å². The summed E-state index contributed by atoms with van der Waals surface area (Å²) in [6.45, 7) is 3.43. The van der Waals surface area contributed by atoms with E-state index in [1.807, 2.05) is 0 Å². The van der Waals surface area contributed by atoms with Gasteiger partial charge in [-0.2, -0.15) is 0 Å². The minimum atomic E-state index is -0.507. The lowest BCUT2D eigenvalue weighted by atomic mass is 10.2. The van der Waals surface area contributed by atoms with Crippen LogP contribution in [0.25, 0.3) is 0 Å². The Morgan fingerprint density at radius 3 is 2.65 bits per heavy atom. The molecule has 1 amide bonds. The number of nitro groups is 1. The summed E-state index contributed by atoms with van der Waals surface area (Å²) in [6.07, 6.45) is 0. The predicted octanol–water partition coefficient (Wildman–Crippen LogP) is 1.45. The molecule has 2 N–H and O–H groups in total. The third kappa shape index (κ3) is 3.25. The molecule has 0 saturated heterocycles. The summed E-state index contributed by atoms with van der Waals surface area (Å²) >= 11 is 0. The van der Waals surface area contributed by atoms with Gasteiger partial charge in [-0.15, -0.1) is 0 Å². The number of hydrogen-bond donors (Lipinski definition) is 2. The maximum atomic E-state index is 11.6. The molecule has 0 bridgehead atoms. The van der Waals surface area contributed by atoms with Crippen LogP contribution in [-0.4, -0.2) is 23.9 Å². The quantitative estimate of drug-likeness (QED) is 0.613. The molecule has 0 aliphatic carbocycles. The second kappa shape index (κ2) is 5.40. The fourth-order valence-corrected chi connectivity index (χ4v) is 1.27. The van der Waals surface area contributed by atoms with Crippen molar-refractivity contribution in [1.82, 2.24) is 5.32 Å². The molecule has 6 heteroatoms. The van der Waals surface area contributed by atoms with Gasteiger partial charge in [0.25, 0.3) is 5.69 Å². The minimum Gasteiger partial charge on any atom is -0.319 e. The maximum Gasteiger partial charge on any atom is 0.293 e. The summed E-state index contributed by atoms with van der Waals surface area (Å²) in [7, 11) is 1.65. The van der Waals surface area contributed by atoms with Gasteiger partial charge in [0.15, 0.2) is 0 Å². The summed E-state index contributed by atoms with van der Waals surface area (Å²) in [5, 5.41) is 16.1. The van der Waals surface area contributed by atoms with Crippen molar-refractivity contribution in [3.8, 4) is 0 Å². The van der Waals surface area contributed by atoms with Crippen molar-refractivity contribution >= 4 is 17.3 Å². The Morgan fingerprint density at radius 2 is 2.12 bits per heavy atom. The lowest BCUT2D eigenvalue weighted by Gasteiger charge is -2.11. The van der Waals surface area contributed by atoms with Crippen molar-refractivity contribution < 1.29 is 9.72 Å². The van der Waals surface area contributed by atoms with Gasteiger partial charge in [-0.25, -0.2) is 0 Å². The van der Waals surface area contributed by atoms with Crippen LogP contribution in [0, 0.1) is 17.0 Å². The fraction of sp³-hybridized carbons (Fsp3) is 0.364. The number of anilines is 1. The molecule has 17 heavy (non-hydrogen) atoms. The Kier molecular flexibility index (Phi) is 4.17. The first-order chi connectivity index (χ1) is 7.95. The topological polar surface area (TPSA) is 84.3 Å². The van der Waals surface area contributed by atoms with E-state index in [1.165, 1.54) is 12.1 Å². The van der Waals surface area contributed by atoms with Gasteiger partial charge in [-0.05, 0) is 32.5 Å². The molecule has 6 nitrogen and oxygen atoms in total. The average Bonchev–Trinajstić information content (AvgIpc) is 2.29. The van der Waals surface area contributed by atoms with Crippen molar-refractivity contribution in [2.24, 2.45) is 0 Å². The third-order valence-electron chi connectivity index (χ3n) is 2.43.